The Hall–Kier alpha value is -3.76. The molecule has 0 saturated heterocycles. The zero-order valence-electron chi connectivity index (χ0n) is 20.4. The normalized spacial score (nSPS) is 12.5. The van der Waals surface area contributed by atoms with Crippen LogP contribution in [0.4, 0.5) is 5.69 Å². The van der Waals surface area contributed by atoms with Crippen LogP contribution < -0.4 is 10.9 Å². The number of para-hydroxylation sites is 2. The van der Waals surface area contributed by atoms with Gasteiger partial charge in [-0.15, -0.1) is 0 Å². The van der Waals surface area contributed by atoms with Gasteiger partial charge >= 0.3 is 0 Å². The minimum atomic E-state index is -0.627. The number of aryl methyl sites for hydroxylation is 1. The summed E-state index contributed by atoms with van der Waals surface area (Å²) in [5.74, 6) is 0.465. The Morgan fingerprint density at radius 3 is 2.78 bits per heavy atom. The number of thiol groups is 1. The summed E-state index contributed by atoms with van der Waals surface area (Å²) in [7, 11) is 4.11. The number of aromatic amines is 1. The van der Waals surface area contributed by atoms with Gasteiger partial charge in [0, 0.05) is 6.54 Å². The van der Waals surface area contributed by atoms with Crippen molar-refractivity contribution >= 4 is 40.4 Å². The maximum atomic E-state index is 14.1. The summed E-state index contributed by atoms with van der Waals surface area (Å²) in [5, 5.41) is 3.46. The summed E-state index contributed by atoms with van der Waals surface area (Å²) in [5.41, 5.74) is 4.68. The predicted molar refractivity (Wildman–Crippen MR) is 146 cm³/mol. The molecule has 10 heteroatoms. The summed E-state index contributed by atoms with van der Waals surface area (Å²) in [6.07, 6.45) is 4.00. The molecule has 0 amide bonds. The number of nitrogens with one attached hydrogen (secondary N) is 2. The number of nitrogens with zero attached hydrogens (tertiary/aromatic N) is 6. The number of aromatic nitrogens is 6. The lowest BCUT2D eigenvalue weighted by Crippen LogP contribution is -2.27. The van der Waals surface area contributed by atoms with E-state index in [1.807, 2.05) is 49.4 Å². The van der Waals surface area contributed by atoms with Crippen molar-refractivity contribution in [2.45, 2.75) is 18.6 Å². The first-order valence-corrected chi connectivity index (χ1v) is 12.3. The van der Waals surface area contributed by atoms with Gasteiger partial charge in [0.25, 0.3) is 5.56 Å². The molecule has 36 heavy (non-hydrogen) atoms. The van der Waals surface area contributed by atoms with Crippen LogP contribution in [0.25, 0.3) is 27.8 Å². The summed E-state index contributed by atoms with van der Waals surface area (Å²) in [6.45, 7) is 3.66. The topological polar surface area (TPSA) is 105 Å². The molecule has 9 nitrogen and oxygen atoms in total. The molecule has 0 aliphatic heterocycles. The Labute approximate surface area is 214 Å². The molecular formula is C26H28N8OS. The van der Waals surface area contributed by atoms with E-state index in [4.69, 9.17) is 17.6 Å². The van der Waals surface area contributed by atoms with Crippen molar-refractivity contribution in [2.75, 3.05) is 32.5 Å². The van der Waals surface area contributed by atoms with Crippen LogP contribution in [0.1, 0.15) is 28.8 Å². The van der Waals surface area contributed by atoms with E-state index in [0.29, 0.717) is 39.3 Å². The number of hydrogen-bond donors (Lipinski definition) is 3. The van der Waals surface area contributed by atoms with Crippen molar-refractivity contribution in [3.05, 3.63) is 82.6 Å². The maximum absolute atomic E-state index is 14.1. The monoisotopic (exact) mass is 500 g/mol. The van der Waals surface area contributed by atoms with E-state index in [2.05, 4.69) is 44.2 Å². The van der Waals surface area contributed by atoms with Gasteiger partial charge in [0.05, 0.1) is 34.3 Å². The fraction of sp³-hybridized carbons (Fsp3) is 0.269. The van der Waals surface area contributed by atoms with Crippen molar-refractivity contribution in [3.63, 3.8) is 0 Å². The third-order valence-electron chi connectivity index (χ3n) is 6.12. The summed E-state index contributed by atoms with van der Waals surface area (Å²) in [4.78, 5) is 37.3. The fourth-order valence-electron chi connectivity index (χ4n) is 4.37. The van der Waals surface area contributed by atoms with Crippen LogP contribution in [0.2, 0.25) is 0 Å². The maximum Gasteiger partial charge on any atom is 0.266 e. The first-order chi connectivity index (χ1) is 17.5. The van der Waals surface area contributed by atoms with Crippen molar-refractivity contribution in [2.24, 2.45) is 0 Å². The molecule has 1 unspecified atom stereocenters. The molecule has 0 aliphatic rings. The van der Waals surface area contributed by atoms with Crippen LogP contribution in [0.5, 0.6) is 0 Å². The van der Waals surface area contributed by atoms with Crippen LogP contribution in [-0.4, -0.2) is 61.6 Å². The Morgan fingerprint density at radius 1 is 1.11 bits per heavy atom. The third-order valence-corrected chi connectivity index (χ3v) is 6.60. The molecule has 3 heterocycles. The number of H-pyrrole nitrogens is 1. The Bertz CT molecular complexity index is 1590. The smallest absolute Gasteiger partial charge is 0.266 e. The van der Waals surface area contributed by atoms with E-state index in [-0.39, 0.29) is 5.56 Å². The van der Waals surface area contributed by atoms with Gasteiger partial charge in [-0.2, -0.15) is 12.6 Å². The first-order valence-electron chi connectivity index (χ1n) is 11.8. The average Bonchev–Trinajstić information content (AvgIpc) is 3.35. The first kappa shape index (κ1) is 24.0. The molecule has 2 aromatic carbocycles. The Balaban J connectivity index is 1.71. The molecule has 5 aromatic rings. The molecule has 0 fully saturated rings. The summed E-state index contributed by atoms with van der Waals surface area (Å²) < 4.78 is 1.65. The number of anilines is 1. The molecule has 5 rings (SSSR count). The Morgan fingerprint density at radius 2 is 1.94 bits per heavy atom. The second-order valence-electron chi connectivity index (χ2n) is 8.94. The molecule has 1 atom stereocenters. The molecule has 0 aliphatic carbocycles. The van der Waals surface area contributed by atoms with Crippen LogP contribution in [0.3, 0.4) is 0 Å². The van der Waals surface area contributed by atoms with E-state index in [9.17, 15) is 4.79 Å². The summed E-state index contributed by atoms with van der Waals surface area (Å²) in [6, 6.07) is 13.5. The van der Waals surface area contributed by atoms with E-state index >= 15 is 0 Å². The second kappa shape index (κ2) is 10.1. The lowest BCUT2D eigenvalue weighted by Gasteiger charge is -2.21. The highest BCUT2D eigenvalue weighted by molar-refractivity contribution is 7.80. The van der Waals surface area contributed by atoms with Crippen molar-refractivity contribution in [1.82, 2.24) is 34.4 Å². The molecule has 3 aromatic heterocycles. The molecular weight excluding hydrogens is 472 g/mol. The lowest BCUT2D eigenvalue weighted by atomic mass is 10.1. The highest BCUT2D eigenvalue weighted by Gasteiger charge is 2.25. The van der Waals surface area contributed by atoms with Gasteiger partial charge in [-0.05, 0) is 57.7 Å². The van der Waals surface area contributed by atoms with E-state index in [1.165, 1.54) is 6.33 Å². The zero-order chi connectivity index (χ0) is 25.2. The van der Waals surface area contributed by atoms with Gasteiger partial charge < -0.3 is 15.2 Å². The predicted octanol–water partition coefficient (Wildman–Crippen LogP) is 3.74. The quantitative estimate of drug-likeness (QED) is 0.220. The standard InChI is InChI=1S/C26H28N8OS/c1-16-8-6-10-18-20(16)26(35)34(19-11-5-4-9-17(19)27-12-7-13-33(2)3)25(32-18)23(36)21-22-24(30-14-28-21)31-15-29-22/h4-6,8-11,14-15,23,27,36H,7,12-13H2,1-3H3,(H,28,29,30,31). The highest BCUT2D eigenvalue weighted by Crippen LogP contribution is 2.32. The SMILES string of the molecule is Cc1cccc2nc(C(S)c3ncnc4[nH]cnc34)n(-c3ccccc3NCCCN(C)C)c(=O)c12. The fourth-order valence-corrected chi connectivity index (χ4v) is 4.73. The third kappa shape index (κ3) is 4.45. The zero-order valence-corrected chi connectivity index (χ0v) is 21.3. The van der Waals surface area contributed by atoms with Gasteiger partial charge in [-0.3, -0.25) is 9.36 Å². The molecule has 184 valence electrons. The van der Waals surface area contributed by atoms with E-state index in [0.717, 1.165) is 30.8 Å². The number of fused-ring (bicyclic) bond motifs is 2. The van der Waals surface area contributed by atoms with Crippen molar-refractivity contribution < 1.29 is 0 Å². The average molecular weight is 501 g/mol. The van der Waals surface area contributed by atoms with Gasteiger partial charge in [-0.1, -0.05) is 24.3 Å². The number of hydrogen-bond acceptors (Lipinski definition) is 8. The minimum absolute atomic E-state index is 0.151. The number of rotatable bonds is 8. The van der Waals surface area contributed by atoms with Crippen LogP contribution in [0, 0.1) is 6.92 Å². The van der Waals surface area contributed by atoms with Gasteiger partial charge in [-0.25, -0.2) is 19.9 Å². The van der Waals surface area contributed by atoms with Crippen LogP contribution in [-0.2, 0) is 0 Å². The molecule has 0 radical (unpaired) electrons. The number of imidazole rings is 1. The molecule has 0 saturated carbocycles. The van der Waals surface area contributed by atoms with Crippen LogP contribution in [0.15, 0.2) is 59.9 Å². The van der Waals surface area contributed by atoms with Crippen molar-refractivity contribution in [1.29, 1.82) is 0 Å². The van der Waals surface area contributed by atoms with Gasteiger partial charge in [0.2, 0.25) is 0 Å². The van der Waals surface area contributed by atoms with Gasteiger partial charge in [0.15, 0.2) is 5.65 Å². The van der Waals surface area contributed by atoms with Gasteiger partial charge in [0.1, 0.15) is 22.9 Å². The molecule has 0 bridgehead atoms. The minimum Gasteiger partial charge on any atom is -0.383 e. The highest BCUT2D eigenvalue weighted by atomic mass is 32.1. The lowest BCUT2D eigenvalue weighted by molar-refractivity contribution is 0.405. The summed E-state index contributed by atoms with van der Waals surface area (Å²) >= 11 is 4.93. The van der Waals surface area contributed by atoms with Crippen LogP contribution >= 0.6 is 12.6 Å². The largest absolute Gasteiger partial charge is 0.383 e. The number of benzene rings is 2. The van der Waals surface area contributed by atoms with E-state index < -0.39 is 5.25 Å². The van der Waals surface area contributed by atoms with E-state index in [1.54, 1.807) is 10.9 Å². The Kier molecular flexibility index (Phi) is 6.71. The second-order valence-corrected chi connectivity index (χ2v) is 9.46. The molecule has 2 N–H and O–H groups in total. The van der Waals surface area contributed by atoms with Crippen molar-refractivity contribution in [3.8, 4) is 5.69 Å². The molecule has 0 spiro atoms.